The van der Waals surface area contributed by atoms with E-state index in [1.807, 2.05) is 18.5 Å². The predicted octanol–water partition coefficient (Wildman–Crippen LogP) is 4.95. The van der Waals surface area contributed by atoms with Crippen LogP contribution in [0.25, 0.3) is 6.08 Å². The van der Waals surface area contributed by atoms with Crippen molar-refractivity contribution in [3.8, 4) is 0 Å². The number of rotatable bonds is 4. The van der Waals surface area contributed by atoms with E-state index >= 15 is 0 Å². The van der Waals surface area contributed by atoms with Crippen molar-refractivity contribution in [1.82, 2.24) is 9.88 Å². The zero-order valence-corrected chi connectivity index (χ0v) is 18.3. The Morgan fingerprint density at radius 2 is 1.77 bits per heavy atom. The van der Waals surface area contributed by atoms with Gasteiger partial charge in [0, 0.05) is 61.4 Å². The maximum absolute atomic E-state index is 4.82. The topological polar surface area (TPSA) is 31.7 Å². The highest BCUT2D eigenvalue weighted by atomic mass is 15.4. The number of benzene rings is 1. The van der Waals surface area contributed by atoms with E-state index in [0.717, 1.165) is 42.7 Å². The molecule has 160 valence electrons. The van der Waals surface area contributed by atoms with Crippen LogP contribution in [0.15, 0.2) is 59.4 Å². The van der Waals surface area contributed by atoms with Crippen LogP contribution in [0.4, 0.5) is 5.69 Å². The van der Waals surface area contributed by atoms with Gasteiger partial charge in [0.05, 0.1) is 5.71 Å². The molecule has 0 spiro atoms. The fraction of sp³-hybridized carbons (Fsp3) is 0.481. The average Bonchev–Trinajstić information content (AvgIpc) is 3.58. The van der Waals surface area contributed by atoms with Crippen molar-refractivity contribution in [3.05, 3.63) is 65.5 Å². The molecule has 0 N–H and O–H groups in total. The van der Waals surface area contributed by atoms with Crippen LogP contribution in [0.3, 0.4) is 0 Å². The van der Waals surface area contributed by atoms with Gasteiger partial charge in [-0.05, 0) is 73.6 Å². The lowest BCUT2D eigenvalue weighted by Gasteiger charge is -2.38. The molecule has 1 saturated carbocycles. The molecule has 2 saturated heterocycles. The number of hydrogen-bond donors (Lipinski definition) is 0. The molecule has 4 heterocycles. The van der Waals surface area contributed by atoms with Crippen LogP contribution in [0, 0.1) is 0 Å². The van der Waals surface area contributed by atoms with Gasteiger partial charge in [-0.2, -0.15) is 0 Å². The third-order valence-electron chi connectivity index (χ3n) is 7.76. The highest BCUT2D eigenvalue weighted by Crippen LogP contribution is 2.39. The number of aromatic nitrogens is 1. The Hall–Kier alpha value is -2.46. The quantitative estimate of drug-likeness (QED) is 0.712. The molecular weight excluding hydrogens is 380 g/mol. The summed E-state index contributed by atoms with van der Waals surface area (Å²) in [6.45, 7) is 3.39. The van der Waals surface area contributed by atoms with Crippen LogP contribution < -0.4 is 4.90 Å². The SMILES string of the molecule is C(=C1/CCCN=C1c1cccnc1)/c1ccc(N2C[C@@H]3C[C@H]2CN3C2CCCC2)cc1. The van der Waals surface area contributed by atoms with E-state index in [1.165, 1.54) is 62.0 Å². The maximum atomic E-state index is 4.82. The summed E-state index contributed by atoms with van der Waals surface area (Å²) in [4.78, 5) is 14.6. The van der Waals surface area contributed by atoms with Crippen molar-refractivity contribution in [3.63, 3.8) is 0 Å². The normalized spacial score (nSPS) is 27.9. The third kappa shape index (κ3) is 3.71. The number of pyridine rings is 1. The Labute approximate surface area is 185 Å². The van der Waals surface area contributed by atoms with Crippen LogP contribution in [-0.2, 0) is 0 Å². The summed E-state index contributed by atoms with van der Waals surface area (Å²) in [5, 5.41) is 0. The molecule has 0 amide bonds. The Bertz CT molecular complexity index is 972. The molecule has 2 aromatic rings. The molecule has 1 aromatic carbocycles. The molecular formula is C27H32N4. The fourth-order valence-corrected chi connectivity index (χ4v) is 6.26. The summed E-state index contributed by atoms with van der Waals surface area (Å²) < 4.78 is 0. The summed E-state index contributed by atoms with van der Waals surface area (Å²) in [5.74, 6) is 0. The molecule has 2 atom stereocenters. The number of likely N-dealkylation sites (tertiary alicyclic amines) is 1. The van der Waals surface area contributed by atoms with E-state index < -0.39 is 0 Å². The van der Waals surface area contributed by atoms with Crippen LogP contribution in [-0.4, -0.2) is 53.4 Å². The predicted molar refractivity (Wildman–Crippen MR) is 128 cm³/mol. The Balaban J connectivity index is 1.17. The molecule has 6 rings (SSSR count). The second kappa shape index (κ2) is 8.23. The summed E-state index contributed by atoms with van der Waals surface area (Å²) in [6.07, 6.45) is 15.4. The molecule has 2 bridgehead atoms. The molecule has 3 fully saturated rings. The van der Waals surface area contributed by atoms with Gasteiger partial charge in [-0.1, -0.05) is 25.0 Å². The van der Waals surface area contributed by atoms with Crippen LogP contribution >= 0.6 is 0 Å². The lowest BCUT2D eigenvalue weighted by atomic mass is 9.95. The molecule has 4 nitrogen and oxygen atoms in total. The fourth-order valence-electron chi connectivity index (χ4n) is 6.26. The van der Waals surface area contributed by atoms with Crippen molar-refractivity contribution >= 4 is 17.5 Å². The third-order valence-corrected chi connectivity index (χ3v) is 7.76. The smallest absolute Gasteiger partial charge is 0.0694 e. The first-order valence-electron chi connectivity index (χ1n) is 12.1. The molecule has 1 aromatic heterocycles. The first-order valence-corrected chi connectivity index (χ1v) is 12.1. The number of piperazine rings is 1. The molecule has 0 radical (unpaired) electrons. The van der Waals surface area contributed by atoms with E-state index in [4.69, 9.17) is 4.99 Å². The van der Waals surface area contributed by atoms with Gasteiger partial charge < -0.3 is 4.90 Å². The molecule has 4 heteroatoms. The Morgan fingerprint density at radius 3 is 2.52 bits per heavy atom. The van der Waals surface area contributed by atoms with Gasteiger partial charge in [-0.3, -0.25) is 14.9 Å². The summed E-state index contributed by atoms with van der Waals surface area (Å²) in [7, 11) is 0. The van der Waals surface area contributed by atoms with E-state index in [1.54, 1.807) is 0 Å². The average molecular weight is 413 g/mol. The van der Waals surface area contributed by atoms with Crippen LogP contribution in [0.1, 0.15) is 56.1 Å². The zero-order chi connectivity index (χ0) is 20.6. The molecule has 3 aliphatic heterocycles. The number of allylic oxidation sites excluding steroid dienone is 1. The largest absolute Gasteiger partial charge is 0.366 e. The van der Waals surface area contributed by atoms with E-state index in [0.29, 0.717) is 6.04 Å². The van der Waals surface area contributed by atoms with Crippen molar-refractivity contribution in [2.45, 2.75) is 63.1 Å². The first kappa shape index (κ1) is 19.2. The Kier molecular flexibility index (Phi) is 5.11. The monoisotopic (exact) mass is 412 g/mol. The van der Waals surface area contributed by atoms with E-state index in [-0.39, 0.29) is 0 Å². The number of fused-ring (bicyclic) bond motifs is 2. The van der Waals surface area contributed by atoms with Crippen LogP contribution in [0.2, 0.25) is 0 Å². The number of hydrogen-bond acceptors (Lipinski definition) is 4. The number of nitrogens with zero attached hydrogens (tertiary/aromatic N) is 4. The molecule has 0 unspecified atom stereocenters. The minimum Gasteiger partial charge on any atom is -0.366 e. The lowest BCUT2D eigenvalue weighted by Crippen LogP contribution is -2.49. The van der Waals surface area contributed by atoms with Crippen LogP contribution in [0.5, 0.6) is 0 Å². The highest BCUT2D eigenvalue weighted by Gasteiger charge is 2.45. The maximum Gasteiger partial charge on any atom is 0.0694 e. The van der Waals surface area contributed by atoms with Crippen molar-refractivity contribution in [1.29, 1.82) is 0 Å². The van der Waals surface area contributed by atoms with Gasteiger partial charge in [0.15, 0.2) is 0 Å². The highest BCUT2D eigenvalue weighted by molar-refractivity contribution is 6.15. The second-order valence-corrected chi connectivity index (χ2v) is 9.67. The van der Waals surface area contributed by atoms with Gasteiger partial charge in [-0.15, -0.1) is 0 Å². The molecule has 4 aliphatic rings. The summed E-state index contributed by atoms with van der Waals surface area (Å²) in [6, 6.07) is 15.7. The standard InChI is InChI=1S/C27H32N4/c1-2-8-23(7-1)30-18-26-16-25(30)19-31(26)24-11-9-20(10-12-24)15-21-5-4-14-29-27(21)22-6-3-13-28-17-22/h3,6,9-13,15,17,23,25-26H,1-2,4-5,7-8,14,16,18-19H2/b21-15+/t25-,26-/m0/s1. The summed E-state index contributed by atoms with van der Waals surface area (Å²) >= 11 is 0. The van der Waals surface area contributed by atoms with Crippen molar-refractivity contribution in [2.75, 3.05) is 24.5 Å². The van der Waals surface area contributed by atoms with Gasteiger partial charge in [0.2, 0.25) is 0 Å². The van der Waals surface area contributed by atoms with E-state index in [2.05, 4.69) is 51.2 Å². The Morgan fingerprint density at radius 1 is 0.903 bits per heavy atom. The van der Waals surface area contributed by atoms with Gasteiger partial charge in [0.1, 0.15) is 0 Å². The van der Waals surface area contributed by atoms with E-state index in [9.17, 15) is 0 Å². The summed E-state index contributed by atoms with van der Waals surface area (Å²) in [5.41, 5.74) is 6.25. The minimum atomic E-state index is 0.706. The molecule has 1 aliphatic carbocycles. The van der Waals surface area contributed by atoms with Gasteiger partial charge in [-0.25, -0.2) is 0 Å². The van der Waals surface area contributed by atoms with Crippen molar-refractivity contribution in [2.24, 2.45) is 4.99 Å². The molecule has 31 heavy (non-hydrogen) atoms. The number of aliphatic imine (C=N–C) groups is 1. The second-order valence-electron chi connectivity index (χ2n) is 9.67. The van der Waals surface area contributed by atoms with Gasteiger partial charge in [0.25, 0.3) is 0 Å². The number of anilines is 1. The minimum absolute atomic E-state index is 0.706. The zero-order valence-electron chi connectivity index (χ0n) is 18.3. The van der Waals surface area contributed by atoms with Crippen molar-refractivity contribution < 1.29 is 0 Å². The van der Waals surface area contributed by atoms with Gasteiger partial charge >= 0.3 is 0 Å². The first-order chi connectivity index (χ1) is 15.3. The lowest BCUT2D eigenvalue weighted by molar-refractivity contribution is 0.170.